The number of carboxylic acid groups (broad SMARTS) is 2. The summed E-state index contributed by atoms with van der Waals surface area (Å²) in [6, 6.07) is 6.88. The number of carboxylic acids is 2. The molecule has 0 fully saturated rings. The van der Waals surface area contributed by atoms with Crippen LogP contribution in [0.5, 0.6) is 0 Å². The van der Waals surface area contributed by atoms with Crippen LogP contribution in [0.4, 0.5) is 0 Å². The fourth-order valence-electron chi connectivity index (χ4n) is 2.47. The molecule has 0 bridgehead atoms. The normalized spacial score (nSPS) is 15.5. The van der Waals surface area contributed by atoms with Gasteiger partial charge in [-0.3, -0.25) is 0 Å². The lowest BCUT2D eigenvalue weighted by atomic mass is 10.0. The van der Waals surface area contributed by atoms with Crippen molar-refractivity contribution in [3.8, 4) is 0 Å². The van der Waals surface area contributed by atoms with Gasteiger partial charge in [0.05, 0.1) is 16.1 Å². The van der Waals surface area contributed by atoms with E-state index in [2.05, 4.69) is 0 Å². The Hall–Kier alpha value is -2.50. The summed E-state index contributed by atoms with van der Waals surface area (Å²) < 4.78 is 41.0. The van der Waals surface area contributed by atoms with E-state index in [1.165, 1.54) is 38.1 Å². The van der Waals surface area contributed by atoms with Crippen LogP contribution in [-0.4, -0.2) is 65.4 Å². The quantitative estimate of drug-likeness (QED) is 0.391. The summed E-state index contributed by atoms with van der Waals surface area (Å²) in [7, 11) is -4.42. The molecule has 2 atom stereocenters. The zero-order valence-corrected chi connectivity index (χ0v) is 19.1. The predicted molar refractivity (Wildman–Crippen MR) is 108 cm³/mol. The van der Waals surface area contributed by atoms with E-state index in [9.17, 15) is 33.0 Å². The Morgan fingerprint density at radius 3 is 1.90 bits per heavy atom. The Morgan fingerprint density at radius 2 is 1.48 bits per heavy atom. The first-order valence-corrected chi connectivity index (χ1v) is 10.8. The van der Waals surface area contributed by atoms with Crippen LogP contribution in [0.15, 0.2) is 35.2 Å². The number of rotatable bonds is 10. The summed E-state index contributed by atoms with van der Waals surface area (Å²) >= 11 is 0. The molecule has 0 amide bonds. The van der Waals surface area contributed by atoms with Gasteiger partial charge in [0.15, 0.2) is 0 Å². The molecule has 31 heavy (non-hydrogen) atoms. The lowest BCUT2D eigenvalue weighted by molar-refractivity contribution is -0.204. The zero-order valence-electron chi connectivity index (χ0n) is 18.2. The molecule has 0 aliphatic heterocycles. The molecule has 1 rings (SSSR count). The number of ether oxygens (including phenoxy) is 3. The first-order valence-electron chi connectivity index (χ1n) is 9.23. The Balaban J connectivity index is 3.04. The molecule has 10 nitrogen and oxygen atoms in total. The summed E-state index contributed by atoms with van der Waals surface area (Å²) in [5, 5.41) is 18.9. The van der Waals surface area contributed by atoms with Gasteiger partial charge in [-0.1, -0.05) is 18.2 Å². The first kappa shape index (κ1) is 26.5. The Morgan fingerprint density at radius 1 is 0.968 bits per heavy atom. The topological polar surface area (TPSA) is 154 Å². The number of aliphatic carboxylic acids is 2. The second kappa shape index (κ2) is 9.33. The van der Waals surface area contributed by atoms with E-state index in [4.69, 9.17) is 14.2 Å². The highest BCUT2D eigenvalue weighted by molar-refractivity contribution is 7.92. The smallest absolute Gasteiger partial charge is 0.350 e. The van der Waals surface area contributed by atoms with Gasteiger partial charge in [0.1, 0.15) is 6.61 Å². The van der Waals surface area contributed by atoms with E-state index in [0.29, 0.717) is 0 Å². The molecule has 1 aromatic rings. The van der Waals surface area contributed by atoms with Gasteiger partial charge in [-0.25, -0.2) is 22.8 Å². The van der Waals surface area contributed by atoms with E-state index in [-0.39, 0.29) is 4.90 Å². The molecule has 0 saturated heterocycles. The van der Waals surface area contributed by atoms with Crippen molar-refractivity contribution >= 4 is 27.7 Å². The van der Waals surface area contributed by atoms with Gasteiger partial charge in [-0.2, -0.15) is 0 Å². The molecule has 0 aromatic heterocycles. The molecule has 0 heterocycles. The van der Waals surface area contributed by atoms with Crippen molar-refractivity contribution < 1.29 is 47.2 Å². The fourth-order valence-corrected chi connectivity index (χ4v) is 3.90. The highest BCUT2D eigenvalue weighted by Gasteiger charge is 2.48. The van der Waals surface area contributed by atoms with Gasteiger partial charge < -0.3 is 24.4 Å². The number of sulfone groups is 1. The van der Waals surface area contributed by atoms with Crippen LogP contribution in [-0.2, 0) is 38.4 Å². The Kier molecular flexibility index (Phi) is 7.98. The second-order valence-corrected chi connectivity index (χ2v) is 10.5. The standard InChI is InChI=1S/C20H28O10S/c1-18(2,3)30-20(6,16(23)24)17(25)28-12-19(4,5)29-15(14(21)22)31(26,27)13-10-8-7-9-11-13/h7-11,15H,12H2,1-6H3,(H,21,22)(H,23,24). The van der Waals surface area contributed by atoms with Crippen LogP contribution >= 0.6 is 0 Å². The minimum atomic E-state index is -4.42. The first-order chi connectivity index (χ1) is 13.9. The van der Waals surface area contributed by atoms with Crippen LogP contribution in [0.25, 0.3) is 0 Å². The lowest BCUT2D eigenvalue weighted by Crippen LogP contribution is -2.52. The molecule has 2 unspecified atom stereocenters. The number of benzene rings is 1. The van der Waals surface area contributed by atoms with Gasteiger partial charge >= 0.3 is 17.9 Å². The Labute approximate surface area is 181 Å². The van der Waals surface area contributed by atoms with Gasteiger partial charge in [-0.05, 0) is 53.7 Å². The number of hydrogen-bond acceptors (Lipinski definition) is 8. The number of carbonyl (C=O) groups is 3. The number of esters is 1. The molecular formula is C20H28O10S. The van der Waals surface area contributed by atoms with E-state index in [1.807, 2.05) is 0 Å². The lowest BCUT2D eigenvalue weighted by Gasteiger charge is -2.33. The maximum Gasteiger partial charge on any atom is 0.350 e. The summed E-state index contributed by atoms with van der Waals surface area (Å²) in [5.74, 6) is -4.58. The third kappa shape index (κ3) is 7.01. The molecule has 2 N–H and O–H groups in total. The maximum atomic E-state index is 12.7. The van der Waals surface area contributed by atoms with E-state index in [0.717, 1.165) is 6.92 Å². The predicted octanol–water partition coefficient (Wildman–Crippen LogP) is 1.87. The molecular weight excluding hydrogens is 432 g/mol. The molecule has 11 heteroatoms. The van der Waals surface area contributed by atoms with Crippen molar-refractivity contribution in [3.63, 3.8) is 0 Å². The van der Waals surface area contributed by atoms with E-state index < -0.39 is 56.6 Å². The molecule has 0 spiro atoms. The fraction of sp³-hybridized carbons (Fsp3) is 0.550. The average Bonchev–Trinajstić information content (AvgIpc) is 2.63. The zero-order chi connectivity index (χ0) is 24.3. The molecule has 0 radical (unpaired) electrons. The molecule has 0 aliphatic carbocycles. The maximum absolute atomic E-state index is 12.7. The van der Waals surface area contributed by atoms with Crippen molar-refractivity contribution in [1.82, 2.24) is 0 Å². The van der Waals surface area contributed by atoms with E-state index >= 15 is 0 Å². The monoisotopic (exact) mass is 460 g/mol. The molecule has 174 valence electrons. The number of hydrogen-bond donors (Lipinski definition) is 2. The van der Waals surface area contributed by atoms with Crippen molar-refractivity contribution in [2.75, 3.05) is 6.61 Å². The minimum absolute atomic E-state index is 0.257. The van der Waals surface area contributed by atoms with Crippen LogP contribution in [0.3, 0.4) is 0 Å². The highest BCUT2D eigenvalue weighted by Crippen LogP contribution is 2.25. The van der Waals surface area contributed by atoms with Gasteiger partial charge in [0, 0.05) is 0 Å². The highest BCUT2D eigenvalue weighted by atomic mass is 32.2. The minimum Gasteiger partial charge on any atom is -0.479 e. The molecule has 0 saturated carbocycles. The Bertz CT molecular complexity index is 915. The van der Waals surface area contributed by atoms with Crippen LogP contribution in [0.2, 0.25) is 0 Å². The van der Waals surface area contributed by atoms with Gasteiger partial charge in [-0.15, -0.1) is 0 Å². The third-order valence-corrected chi connectivity index (χ3v) is 5.63. The van der Waals surface area contributed by atoms with Crippen LogP contribution in [0, 0.1) is 0 Å². The van der Waals surface area contributed by atoms with Crippen LogP contribution in [0.1, 0.15) is 41.5 Å². The third-order valence-electron chi connectivity index (χ3n) is 3.84. The van der Waals surface area contributed by atoms with Crippen LogP contribution < -0.4 is 0 Å². The molecule has 0 aliphatic rings. The molecule has 1 aromatic carbocycles. The SMILES string of the molecule is CC(C)(C)OC(C)(C(=O)O)C(=O)OCC(C)(C)OC(C(=O)O)S(=O)(=O)c1ccccc1. The van der Waals surface area contributed by atoms with Crippen molar-refractivity contribution in [2.24, 2.45) is 0 Å². The summed E-state index contributed by atoms with van der Waals surface area (Å²) in [5.41, 5.74) is -7.20. The summed E-state index contributed by atoms with van der Waals surface area (Å²) in [6.45, 7) is 7.67. The summed E-state index contributed by atoms with van der Waals surface area (Å²) in [4.78, 5) is 35.4. The second-order valence-electron chi connectivity index (χ2n) is 8.53. The summed E-state index contributed by atoms with van der Waals surface area (Å²) in [6.07, 6.45) is 0. The van der Waals surface area contributed by atoms with Crippen molar-refractivity contribution in [2.45, 2.75) is 68.7 Å². The van der Waals surface area contributed by atoms with Crippen molar-refractivity contribution in [3.05, 3.63) is 30.3 Å². The van der Waals surface area contributed by atoms with Gasteiger partial charge in [0.25, 0.3) is 11.0 Å². The largest absolute Gasteiger partial charge is 0.479 e. The number of carbonyl (C=O) groups excluding carboxylic acids is 1. The average molecular weight is 461 g/mol. The van der Waals surface area contributed by atoms with Gasteiger partial charge in [0.2, 0.25) is 9.84 Å². The van der Waals surface area contributed by atoms with E-state index in [1.54, 1.807) is 26.8 Å². The van der Waals surface area contributed by atoms with Crippen molar-refractivity contribution in [1.29, 1.82) is 0 Å².